The number of carbonyl (C=O) groups excluding carboxylic acids is 1. The quantitative estimate of drug-likeness (QED) is 0.583. The van der Waals surface area contributed by atoms with Gasteiger partial charge in [0.05, 0.1) is 18.1 Å². The van der Waals surface area contributed by atoms with Crippen LogP contribution in [0.5, 0.6) is 11.5 Å². The van der Waals surface area contributed by atoms with Crippen LogP contribution >= 0.6 is 0 Å². The number of amides is 1. The minimum absolute atomic E-state index is 0.0310. The van der Waals surface area contributed by atoms with Crippen molar-refractivity contribution in [2.45, 2.75) is 24.2 Å². The second-order valence-corrected chi connectivity index (χ2v) is 8.17. The van der Waals surface area contributed by atoms with Gasteiger partial charge < -0.3 is 20.1 Å². The van der Waals surface area contributed by atoms with E-state index in [0.717, 1.165) is 25.9 Å². The molecule has 2 aliphatic heterocycles. The minimum Gasteiger partial charge on any atom is -0.490 e. The smallest absolute Gasteiger partial charge is 0.240 e. The van der Waals surface area contributed by atoms with Crippen LogP contribution in [-0.2, 0) is 14.8 Å². The fourth-order valence-corrected chi connectivity index (χ4v) is 3.87. The molecule has 3 N–H and O–H groups in total. The summed E-state index contributed by atoms with van der Waals surface area (Å²) in [6, 6.07) is 4.51. The molecule has 9 heteroatoms. The molecule has 2 heterocycles. The van der Waals surface area contributed by atoms with Gasteiger partial charge in [-0.15, -0.1) is 0 Å². The maximum absolute atomic E-state index is 12.4. The van der Waals surface area contributed by atoms with E-state index in [-0.39, 0.29) is 23.8 Å². The van der Waals surface area contributed by atoms with Crippen LogP contribution in [0.2, 0.25) is 0 Å². The summed E-state index contributed by atoms with van der Waals surface area (Å²) in [5.41, 5.74) is 1.19. The second kappa shape index (κ2) is 9.20. The molecule has 1 aromatic rings. The highest BCUT2D eigenvalue weighted by Gasteiger charge is 2.19. The Bertz CT molecular complexity index is 807. The summed E-state index contributed by atoms with van der Waals surface area (Å²) in [5, 5.41) is 6.03. The van der Waals surface area contributed by atoms with Gasteiger partial charge in [-0.05, 0) is 25.1 Å². The number of ether oxygens (including phenoxy) is 2. The minimum atomic E-state index is -3.72. The number of hydrogen-bond acceptors (Lipinski definition) is 6. The monoisotopic (exact) mass is 395 g/mol. The lowest BCUT2D eigenvalue weighted by molar-refractivity contribution is -0.120. The molecule has 0 radical (unpaired) electrons. The summed E-state index contributed by atoms with van der Waals surface area (Å²) < 4.78 is 38.4. The summed E-state index contributed by atoms with van der Waals surface area (Å²) in [7, 11) is -3.72. The Hall–Kier alpha value is -2.10. The summed E-state index contributed by atoms with van der Waals surface area (Å²) in [5.74, 6) is 0.775. The summed E-state index contributed by atoms with van der Waals surface area (Å²) in [6.45, 7) is 3.30. The third-order valence-corrected chi connectivity index (χ3v) is 5.80. The van der Waals surface area contributed by atoms with E-state index in [1.807, 2.05) is 0 Å². The number of nitrogens with one attached hydrogen (secondary N) is 3. The van der Waals surface area contributed by atoms with E-state index < -0.39 is 10.0 Å². The lowest BCUT2D eigenvalue weighted by Crippen LogP contribution is -2.33. The number of fused-ring (bicyclic) bond motifs is 1. The van der Waals surface area contributed by atoms with E-state index in [1.165, 1.54) is 17.7 Å². The zero-order valence-electron chi connectivity index (χ0n) is 15.1. The van der Waals surface area contributed by atoms with E-state index in [1.54, 1.807) is 6.07 Å². The number of sulfonamides is 1. The Balaban J connectivity index is 1.49. The van der Waals surface area contributed by atoms with Crippen molar-refractivity contribution >= 4 is 15.9 Å². The fourth-order valence-electron chi connectivity index (χ4n) is 2.82. The summed E-state index contributed by atoms with van der Waals surface area (Å²) in [4.78, 5) is 12.0. The first-order valence-corrected chi connectivity index (χ1v) is 10.6. The molecule has 0 saturated carbocycles. The third kappa shape index (κ3) is 5.69. The lowest BCUT2D eigenvalue weighted by atomic mass is 10.1. The molecule has 0 aliphatic carbocycles. The zero-order valence-corrected chi connectivity index (χ0v) is 15.9. The first-order chi connectivity index (χ1) is 13.0. The topological polar surface area (TPSA) is 106 Å². The highest BCUT2D eigenvalue weighted by atomic mass is 32.2. The van der Waals surface area contributed by atoms with Crippen LogP contribution in [0, 0.1) is 0 Å². The van der Waals surface area contributed by atoms with Gasteiger partial charge in [-0.25, -0.2) is 13.1 Å². The van der Waals surface area contributed by atoms with E-state index in [2.05, 4.69) is 21.4 Å². The van der Waals surface area contributed by atoms with Gasteiger partial charge in [0.15, 0.2) is 11.5 Å². The molecule has 3 rings (SSSR count). The molecule has 0 spiro atoms. The van der Waals surface area contributed by atoms with Crippen LogP contribution in [-0.4, -0.2) is 53.7 Å². The maximum Gasteiger partial charge on any atom is 0.240 e. The average Bonchev–Trinajstić information content (AvgIpc) is 2.92. The Labute approximate surface area is 159 Å². The predicted octanol–water partition coefficient (Wildman–Crippen LogP) is 0.552. The summed E-state index contributed by atoms with van der Waals surface area (Å²) in [6.07, 6.45) is 3.81. The van der Waals surface area contributed by atoms with Crippen molar-refractivity contribution in [1.82, 2.24) is 15.4 Å². The lowest BCUT2D eigenvalue weighted by Gasteiger charge is -2.14. The largest absolute Gasteiger partial charge is 0.490 e. The molecular weight excluding hydrogens is 370 g/mol. The van der Waals surface area contributed by atoms with Crippen LogP contribution in [0.4, 0.5) is 0 Å². The number of benzene rings is 1. The molecular formula is C18H25N3O5S. The van der Waals surface area contributed by atoms with Crippen LogP contribution in [0.3, 0.4) is 0 Å². The van der Waals surface area contributed by atoms with Crippen molar-refractivity contribution in [3.63, 3.8) is 0 Å². The van der Waals surface area contributed by atoms with Gasteiger partial charge in [-0.3, -0.25) is 4.79 Å². The van der Waals surface area contributed by atoms with Gasteiger partial charge in [-0.1, -0.05) is 11.6 Å². The van der Waals surface area contributed by atoms with Crippen molar-refractivity contribution in [3.05, 3.63) is 29.8 Å². The Kier molecular flexibility index (Phi) is 6.70. The van der Waals surface area contributed by atoms with E-state index in [4.69, 9.17) is 9.47 Å². The normalized spacial score (nSPS) is 17.0. The molecule has 27 heavy (non-hydrogen) atoms. The SMILES string of the molecule is O=C(CCNS(=O)(=O)c1ccc2c(c1)OCCCO2)NCC1=CCNCC1. The molecule has 2 aliphatic rings. The Morgan fingerprint density at radius 3 is 2.78 bits per heavy atom. The predicted molar refractivity (Wildman–Crippen MR) is 100 cm³/mol. The van der Waals surface area contributed by atoms with Crippen molar-refractivity contribution in [2.75, 3.05) is 39.4 Å². The molecule has 1 aromatic carbocycles. The van der Waals surface area contributed by atoms with Crippen molar-refractivity contribution in [1.29, 1.82) is 0 Å². The van der Waals surface area contributed by atoms with Gasteiger partial charge in [0.25, 0.3) is 0 Å². The molecule has 148 valence electrons. The highest BCUT2D eigenvalue weighted by Crippen LogP contribution is 2.31. The highest BCUT2D eigenvalue weighted by molar-refractivity contribution is 7.89. The van der Waals surface area contributed by atoms with Gasteiger partial charge in [0.2, 0.25) is 15.9 Å². The van der Waals surface area contributed by atoms with Gasteiger partial charge in [-0.2, -0.15) is 0 Å². The molecule has 0 atom stereocenters. The molecule has 8 nitrogen and oxygen atoms in total. The molecule has 0 unspecified atom stereocenters. The Morgan fingerprint density at radius 1 is 1.19 bits per heavy atom. The van der Waals surface area contributed by atoms with Crippen LogP contribution < -0.4 is 24.8 Å². The van der Waals surface area contributed by atoms with Crippen LogP contribution in [0.1, 0.15) is 19.3 Å². The first kappa shape index (κ1) is 19.7. The van der Waals surface area contributed by atoms with Crippen LogP contribution in [0.25, 0.3) is 0 Å². The zero-order chi connectivity index (χ0) is 19.1. The third-order valence-electron chi connectivity index (χ3n) is 4.34. The fraction of sp³-hybridized carbons (Fsp3) is 0.500. The van der Waals surface area contributed by atoms with Gasteiger partial charge in [0.1, 0.15) is 0 Å². The van der Waals surface area contributed by atoms with Gasteiger partial charge in [0, 0.05) is 38.5 Å². The van der Waals surface area contributed by atoms with Crippen LogP contribution in [0.15, 0.2) is 34.7 Å². The van der Waals surface area contributed by atoms with Crippen molar-refractivity contribution in [2.24, 2.45) is 0 Å². The van der Waals surface area contributed by atoms with Gasteiger partial charge >= 0.3 is 0 Å². The maximum atomic E-state index is 12.4. The number of hydrogen-bond donors (Lipinski definition) is 3. The van der Waals surface area contributed by atoms with Crippen molar-refractivity contribution in [3.8, 4) is 11.5 Å². The second-order valence-electron chi connectivity index (χ2n) is 6.40. The van der Waals surface area contributed by atoms with E-state index in [9.17, 15) is 13.2 Å². The summed E-state index contributed by atoms with van der Waals surface area (Å²) >= 11 is 0. The number of carbonyl (C=O) groups is 1. The number of rotatable bonds is 7. The molecule has 0 bridgehead atoms. The standard InChI is InChI=1S/C18H25N3O5S/c22-18(20-13-14-4-7-19-8-5-14)6-9-21-27(23,24)15-2-3-16-17(12-15)26-11-1-10-25-16/h2-4,12,19,21H,1,5-11,13H2,(H,20,22). The molecule has 0 fully saturated rings. The van der Waals surface area contributed by atoms with Crippen molar-refractivity contribution < 1.29 is 22.7 Å². The first-order valence-electron chi connectivity index (χ1n) is 9.09. The molecule has 1 amide bonds. The van der Waals surface area contributed by atoms with E-state index in [0.29, 0.717) is 31.3 Å². The molecule has 0 saturated heterocycles. The van der Waals surface area contributed by atoms with E-state index >= 15 is 0 Å². The average molecular weight is 395 g/mol. The molecule has 0 aromatic heterocycles. The Morgan fingerprint density at radius 2 is 2.00 bits per heavy atom.